The summed E-state index contributed by atoms with van der Waals surface area (Å²) in [7, 11) is 1.61. The van der Waals surface area contributed by atoms with E-state index in [1.807, 2.05) is 18.2 Å². The lowest BCUT2D eigenvalue weighted by molar-refractivity contribution is 0.0868. The molecule has 1 saturated carbocycles. The van der Waals surface area contributed by atoms with Crippen LogP contribution in [-0.2, 0) is 6.54 Å². The highest BCUT2D eigenvalue weighted by atomic mass is 35.5. The van der Waals surface area contributed by atoms with Crippen molar-refractivity contribution in [2.75, 3.05) is 7.11 Å². The van der Waals surface area contributed by atoms with Gasteiger partial charge >= 0.3 is 0 Å². The maximum absolute atomic E-state index is 12.6. The number of hydrogen-bond acceptors (Lipinski definition) is 4. The highest BCUT2D eigenvalue weighted by Crippen LogP contribution is 2.28. The van der Waals surface area contributed by atoms with E-state index >= 15 is 0 Å². The highest BCUT2D eigenvalue weighted by Gasteiger charge is 2.34. The number of rotatable bonds is 5. The molecule has 0 bridgehead atoms. The lowest BCUT2D eigenvalue weighted by Crippen LogP contribution is -2.40. The third-order valence-corrected chi connectivity index (χ3v) is 5.26. The van der Waals surface area contributed by atoms with Gasteiger partial charge in [-0.25, -0.2) is 0 Å². The average Bonchev–Trinajstić information content (AvgIpc) is 3.33. The van der Waals surface area contributed by atoms with E-state index in [2.05, 4.69) is 15.4 Å². The third kappa shape index (κ3) is 3.79. The second-order valence-corrected chi connectivity index (χ2v) is 7.44. The molecule has 142 valence electrons. The molecule has 7 nitrogen and oxygen atoms in total. The number of nitrogens with one attached hydrogen (secondary N) is 2. The summed E-state index contributed by atoms with van der Waals surface area (Å²) in [5, 5.41) is 19.0. The maximum Gasteiger partial charge on any atom is 0.268 e. The van der Waals surface area contributed by atoms with Gasteiger partial charge in [0.25, 0.3) is 5.91 Å². The quantitative estimate of drug-likeness (QED) is 0.626. The van der Waals surface area contributed by atoms with Crippen LogP contribution in [0, 0.1) is 5.92 Å². The number of nitrogens with zero attached hydrogens (tertiary/aromatic N) is 2. The minimum Gasteiger partial charge on any atom is -0.497 e. The smallest absolute Gasteiger partial charge is 0.268 e. The van der Waals surface area contributed by atoms with Crippen LogP contribution in [0.15, 0.2) is 36.7 Å². The molecule has 8 heteroatoms. The molecule has 1 fully saturated rings. The summed E-state index contributed by atoms with van der Waals surface area (Å²) in [6.45, 7) is 0.669. The summed E-state index contributed by atoms with van der Waals surface area (Å²) in [6.07, 6.45) is 4.09. The number of aromatic nitrogens is 3. The maximum atomic E-state index is 12.6. The normalized spacial score (nSPS) is 22.3. The summed E-state index contributed by atoms with van der Waals surface area (Å²) in [5.74, 6) is 0.742. The molecule has 1 unspecified atom stereocenters. The molecule has 1 aliphatic rings. The number of fused-ring (bicyclic) bond motifs is 1. The summed E-state index contributed by atoms with van der Waals surface area (Å²) in [6, 6.07) is 7.10. The van der Waals surface area contributed by atoms with Crippen molar-refractivity contribution < 1.29 is 14.6 Å². The Bertz CT molecular complexity index is 967. The van der Waals surface area contributed by atoms with Crippen molar-refractivity contribution in [3.63, 3.8) is 0 Å². The summed E-state index contributed by atoms with van der Waals surface area (Å²) in [4.78, 5) is 15.7. The van der Waals surface area contributed by atoms with E-state index in [-0.39, 0.29) is 17.9 Å². The lowest BCUT2D eigenvalue weighted by Gasteiger charge is -2.15. The summed E-state index contributed by atoms with van der Waals surface area (Å²) >= 11 is 5.89. The van der Waals surface area contributed by atoms with Gasteiger partial charge in [-0.05, 0) is 43.0 Å². The Morgan fingerprint density at radius 1 is 1.44 bits per heavy atom. The SMILES string of the molecule is COc1ccc2[nH]c(C(=O)N[C@@H]3CC(Cn4cc(Cl)cn4)C[C@H]3O)cc2c1. The molecule has 0 aliphatic heterocycles. The Balaban J connectivity index is 1.41. The van der Waals surface area contributed by atoms with E-state index < -0.39 is 6.10 Å². The van der Waals surface area contributed by atoms with Crippen LogP contribution in [0.1, 0.15) is 23.3 Å². The molecular formula is C19H21ClN4O3. The van der Waals surface area contributed by atoms with Gasteiger partial charge in [-0.15, -0.1) is 0 Å². The van der Waals surface area contributed by atoms with Crippen molar-refractivity contribution in [3.05, 3.63) is 47.4 Å². The zero-order valence-electron chi connectivity index (χ0n) is 14.9. The van der Waals surface area contributed by atoms with Gasteiger partial charge in [0.2, 0.25) is 0 Å². The number of halogens is 1. The van der Waals surface area contributed by atoms with Gasteiger partial charge in [-0.1, -0.05) is 11.6 Å². The molecule has 2 heterocycles. The Kier molecular flexibility index (Phi) is 4.80. The molecule has 3 atom stereocenters. The lowest BCUT2D eigenvalue weighted by atomic mass is 10.1. The van der Waals surface area contributed by atoms with Crippen molar-refractivity contribution >= 4 is 28.4 Å². The van der Waals surface area contributed by atoms with Gasteiger partial charge in [0.15, 0.2) is 0 Å². The Morgan fingerprint density at radius 2 is 2.30 bits per heavy atom. The van der Waals surface area contributed by atoms with Crippen LogP contribution in [0.3, 0.4) is 0 Å². The number of aliphatic hydroxyl groups excluding tert-OH is 1. The number of carbonyl (C=O) groups excluding carboxylic acids is 1. The van der Waals surface area contributed by atoms with Gasteiger partial charge in [0.05, 0.1) is 30.5 Å². The van der Waals surface area contributed by atoms with Crippen LogP contribution in [-0.4, -0.2) is 45.0 Å². The minimum atomic E-state index is -0.575. The van der Waals surface area contributed by atoms with Crippen LogP contribution in [0.5, 0.6) is 5.75 Å². The fraction of sp³-hybridized carbons (Fsp3) is 0.368. The van der Waals surface area contributed by atoms with E-state index in [1.54, 1.807) is 30.3 Å². The van der Waals surface area contributed by atoms with E-state index in [1.165, 1.54) is 0 Å². The molecule has 1 aliphatic carbocycles. The minimum absolute atomic E-state index is 0.225. The second kappa shape index (κ2) is 7.25. The zero-order valence-corrected chi connectivity index (χ0v) is 15.6. The number of amides is 1. The van der Waals surface area contributed by atoms with E-state index in [0.29, 0.717) is 30.1 Å². The largest absolute Gasteiger partial charge is 0.497 e. The number of benzene rings is 1. The fourth-order valence-corrected chi connectivity index (χ4v) is 3.89. The number of H-pyrrole nitrogens is 1. The number of carbonyl (C=O) groups is 1. The van der Waals surface area contributed by atoms with Gasteiger partial charge in [-0.3, -0.25) is 9.48 Å². The van der Waals surface area contributed by atoms with E-state index in [0.717, 1.165) is 16.7 Å². The second-order valence-electron chi connectivity index (χ2n) is 7.00. The van der Waals surface area contributed by atoms with Crippen molar-refractivity contribution in [1.29, 1.82) is 0 Å². The molecule has 2 aromatic heterocycles. The number of aromatic amines is 1. The molecule has 27 heavy (non-hydrogen) atoms. The highest BCUT2D eigenvalue weighted by molar-refractivity contribution is 6.30. The molecule has 3 N–H and O–H groups in total. The fourth-order valence-electron chi connectivity index (χ4n) is 3.73. The molecule has 4 rings (SSSR count). The van der Waals surface area contributed by atoms with E-state index in [9.17, 15) is 9.90 Å². The Labute approximate surface area is 161 Å². The Morgan fingerprint density at radius 3 is 3.04 bits per heavy atom. The standard InChI is InChI=1S/C19H21ClN4O3/c1-27-14-2-3-15-12(6-14)7-17(22-15)19(26)23-16-4-11(5-18(16)25)9-24-10-13(20)8-21-24/h2-3,6-8,10-11,16,18,22,25H,4-5,9H2,1H3,(H,23,26)/t11?,16-,18-/m1/s1. The van der Waals surface area contributed by atoms with Gasteiger partial charge in [0.1, 0.15) is 11.4 Å². The van der Waals surface area contributed by atoms with Gasteiger partial charge in [0, 0.05) is 23.6 Å². The molecule has 1 amide bonds. The van der Waals surface area contributed by atoms with Crippen molar-refractivity contribution in [2.45, 2.75) is 31.5 Å². The van der Waals surface area contributed by atoms with Gasteiger partial charge < -0.3 is 20.1 Å². The van der Waals surface area contributed by atoms with E-state index in [4.69, 9.17) is 16.3 Å². The number of aliphatic hydroxyl groups is 1. The number of hydrogen-bond donors (Lipinski definition) is 3. The summed E-state index contributed by atoms with van der Waals surface area (Å²) in [5.41, 5.74) is 1.33. The van der Waals surface area contributed by atoms with Crippen LogP contribution < -0.4 is 10.1 Å². The molecule has 0 saturated heterocycles. The zero-order chi connectivity index (χ0) is 19.0. The molecule has 3 aromatic rings. The molecule has 0 radical (unpaired) electrons. The molecule has 1 aromatic carbocycles. The number of methoxy groups -OCH3 is 1. The van der Waals surface area contributed by atoms with Gasteiger partial charge in [-0.2, -0.15) is 5.10 Å². The first kappa shape index (κ1) is 17.9. The van der Waals surface area contributed by atoms with Crippen LogP contribution in [0.4, 0.5) is 0 Å². The van der Waals surface area contributed by atoms with Crippen LogP contribution in [0.2, 0.25) is 5.02 Å². The molecule has 0 spiro atoms. The molecular weight excluding hydrogens is 368 g/mol. The topological polar surface area (TPSA) is 92.2 Å². The predicted molar refractivity (Wildman–Crippen MR) is 102 cm³/mol. The Hall–Kier alpha value is -2.51. The number of ether oxygens (including phenoxy) is 1. The van der Waals surface area contributed by atoms with Crippen molar-refractivity contribution in [2.24, 2.45) is 5.92 Å². The first-order chi connectivity index (χ1) is 13.0. The van der Waals surface area contributed by atoms with Crippen molar-refractivity contribution in [1.82, 2.24) is 20.1 Å². The predicted octanol–water partition coefficient (Wildman–Crippen LogP) is 2.60. The first-order valence-corrected chi connectivity index (χ1v) is 9.23. The van der Waals surface area contributed by atoms with Crippen LogP contribution >= 0.6 is 11.6 Å². The van der Waals surface area contributed by atoms with Crippen molar-refractivity contribution in [3.8, 4) is 5.75 Å². The summed E-state index contributed by atoms with van der Waals surface area (Å²) < 4.78 is 6.99. The monoisotopic (exact) mass is 388 g/mol. The first-order valence-electron chi connectivity index (χ1n) is 8.85. The third-order valence-electron chi connectivity index (χ3n) is 5.06. The average molecular weight is 389 g/mol. The van der Waals surface area contributed by atoms with Crippen LogP contribution in [0.25, 0.3) is 10.9 Å².